The first-order valence-corrected chi connectivity index (χ1v) is 7.62. The number of nitrogens with zero attached hydrogens (tertiary/aromatic N) is 1. The zero-order chi connectivity index (χ0) is 11.4. The monoisotopic (exact) mass is 255 g/mol. The molecule has 1 aliphatic heterocycles. The van der Waals surface area contributed by atoms with Crippen LogP contribution in [0.2, 0.25) is 0 Å². The molecule has 1 aromatic heterocycles. The van der Waals surface area contributed by atoms with Gasteiger partial charge in [0, 0.05) is 17.2 Å². The molecule has 1 aromatic rings. The van der Waals surface area contributed by atoms with Crippen LogP contribution in [0.15, 0.2) is 12.1 Å². The number of carbonyl (C=O) groups excluding carboxylic acids is 1. The van der Waals surface area contributed by atoms with E-state index in [4.69, 9.17) is 0 Å². The van der Waals surface area contributed by atoms with Gasteiger partial charge in [-0.25, -0.2) is 0 Å². The second-order valence-electron chi connectivity index (χ2n) is 4.08. The lowest BCUT2D eigenvalue weighted by atomic mass is 10.3. The number of aryl methyl sites for hydroxylation is 1. The van der Waals surface area contributed by atoms with Crippen LogP contribution in [0.5, 0.6) is 0 Å². The predicted molar refractivity (Wildman–Crippen MR) is 71.8 cm³/mol. The van der Waals surface area contributed by atoms with E-state index in [9.17, 15) is 4.79 Å². The molecule has 0 radical (unpaired) electrons. The lowest BCUT2D eigenvalue weighted by Gasteiger charge is -2.17. The van der Waals surface area contributed by atoms with Crippen molar-refractivity contribution in [2.75, 3.05) is 31.1 Å². The minimum Gasteiger partial charge on any atom is -0.295 e. The number of carbonyl (C=O) groups is 1. The van der Waals surface area contributed by atoms with Gasteiger partial charge in [-0.05, 0) is 37.8 Å². The number of hydrogen-bond acceptors (Lipinski definition) is 4. The van der Waals surface area contributed by atoms with Crippen molar-refractivity contribution in [2.24, 2.45) is 0 Å². The van der Waals surface area contributed by atoms with Crippen LogP contribution in [-0.4, -0.2) is 41.8 Å². The SMILES string of the molecule is Cc1ccc(C(=O)CN2CCCSCC2)s1. The molecule has 0 bridgehead atoms. The molecule has 1 aliphatic rings. The molecule has 0 aliphatic carbocycles. The van der Waals surface area contributed by atoms with Crippen molar-refractivity contribution in [1.82, 2.24) is 4.90 Å². The van der Waals surface area contributed by atoms with Crippen molar-refractivity contribution in [2.45, 2.75) is 13.3 Å². The summed E-state index contributed by atoms with van der Waals surface area (Å²) in [5, 5.41) is 0. The van der Waals surface area contributed by atoms with Gasteiger partial charge >= 0.3 is 0 Å². The van der Waals surface area contributed by atoms with Crippen molar-refractivity contribution in [1.29, 1.82) is 0 Å². The maximum atomic E-state index is 12.0. The van der Waals surface area contributed by atoms with Crippen LogP contribution in [0.4, 0.5) is 0 Å². The molecule has 1 fully saturated rings. The Hall–Kier alpha value is -0.320. The van der Waals surface area contributed by atoms with Crippen molar-refractivity contribution >= 4 is 28.9 Å². The maximum Gasteiger partial charge on any atom is 0.186 e. The largest absolute Gasteiger partial charge is 0.295 e. The van der Waals surface area contributed by atoms with Gasteiger partial charge in [-0.1, -0.05) is 0 Å². The van der Waals surface area contributed by atoms with Gasteiger partial charge in [-0.15, -0.1) is 11.3 Å². The van der Waals surface area contributed by atoms with Gasteiger partial charge in [-0.3, -0.25) is 9.69 Å². The Balaban J connectivity index is 1.90. The summed E-state index contributed by atoms with van der Waals surface area (Å²) in [5.74, 6) is 2.68. The normalized spacial score (nSPS) is 18.3. The van der Waals surface area contributed by atoms with Gasteiger partial charge in [0.1, 0.15) is 0 Å². The standard InChI is InChI=1S/C12H17NOS2/c1-10-3-4-12(16-10)11(14)9-13-5-2-7-15-8-6-13/h3-4H,2,5-9H2,1H3. The first kappa shape index (κ1) is 12.1. The van der Waals surface area contributed by atoms with Crippen LogP contribution < -0.4 is 0 Å². The molecule has 0 atom stereocenters. The second-order valence-corrected chi connectivity index (χ2v) is 6.59. The summed E-state index contributed by atoms with van der Waals surface area (Å²) in [4.78, 5) is 16.4. The van der Waals surface area contributed by atoms with E-state index in [1.165, 1.54) is 17.1 Å². The highest BCUT2D eigenvalue weighted by Crippen LogP contribution is 2.17. The minimum atomic E-state index is 0.282. The summed E-state index contributed by atoms with van der Waals surface area (Å²) >= 11 is 3.60. The Morgan fingerprint density at radius 1 is 1.38 bits per heavy atom. The fourth-order valence-electron chi connectivity index (χ4n) is 1.82. The Morgan fingerprint density at radius 3 is 3.00 bits per heavy atom. The number of thiophene rings is 1. The van der Waals surface area contributed by atoms with Gasteiger partial charge in [0.2, 0.25) is 0 Å². The average molecular weight is 255 g/mol. The lowest BCUT2D eigenvalue weighted by molar-refractivity contribution is 0.0940. The Morgan fingerprint density at radius 2 is 2.25 bits per heavy atom. The van der Waals surface area contributed by atoms with E-state index < -0.39 is 0 Å². The number of Topliss-reactive ketones (excluding diaryl/α,β-unsaturated/α-hetero) is 1. The molecular formula is C12H17NOS2. The lowest BCUT2D eigenvalue weighted by Crippen LogP contribution is -2.31. The Bertz CT molecular complexity index is 354. The molecule has 2 heterocycles. The number of hydrogen-bond donors (Lipinski definition) is 0. The molecule has 2 rings (SSSR count). The van der Waals surface area contributed by atoms with Crippen LogP contribution in [0.25, 0.3) is 0 Å². The molecule has 0 unspecified atom stereocenters. The molecule has 0 amide bonds. The molecule has 0 spiro atoms. The smallest absolute Gasteiger partial charge is 0.186 e. The van der Waals surface area contributed by atoms with Crippen molar-refractivity contribution in [3.05, 3.63) is 21.9 Å². The predicted octanol–water partition coefficient (Wildman–Crippen LogP) is 2.68. The van der Waals surface area contributed by atoms with E-state index in [0.717, 1.165) is 23.7 Å². The molecule has 16 heavy (non-hydrogen) atoms. The van der Waals surface area contributed by atoms with Gasteiger partial charge in [0.25, 0.3) is 0 Å². The summed E-state index contributed by atoms with van der Waals surface area (Å²) in [6, 6.07) is 3.98. The number of rotatable bonds is 3. The van der Waals surface area contributed by atoms with Crippen LogP contribution in [0, 0.1) is 6.92 Å². The molecular weight excluding hydrogens is 238 g/mol. The molecule has 1 saturated heterocycles. The van der Waals surface area contributed by atoms with E-state index in [-0.39, 0.29) is 5.78 Å². The highest BCUT2D eigenvalue weighted by molar-refractivity contribution is 7.99. The van der Waals surface area contributed by atoms with Gasteiger partial charge in [-0.2, -0.15) is 11.8 Å². The molecule has 0 aromatic carbocycles. The highest BCUT2D eigenvalue weighted by atomic mass is 32.2. The Kier molecular flexibility index (Phi) is 4.44. The quantitative estimate of drug-likeness (QED) is 0.775. The third-order valence-electron chi connectivity index (χ3n) is 2.70. The zero-order valence-electron chi connectivity index (χ0n) is 9.57. The van der Waals surface area contributed by atoms with E-state index >= 15 is 0 Å². The summed E-state index contributed by atoms with van der Waals surface area (Å²) in [6.45, 7) is 4.77. The van der Waals surface area contributed by atoms with Crippen LogP contribution in [0.1, 0.15) is 21.0 Å². The van der Waals surface area contributed by atoms with Crippen molar-refractivity contribution < 1.29 is 4.79 Å². The van der Waals surface area contributed by atoms with Gasteiger partial charge < -0.3 is 0 Å². The average Bonchev–Trinajstić information content (AvgIpc) is 2.54. The van der Waals surface area contributed by atoms with E-state index in [0.29, 0.717) is 6.54 Å². The zero-order valence-corrected chi connectivity index (χ0v) is 11.2. The first-order valence-electron chi connectivity index (χ1n) is 5.65. The number of ketones is 1. The molecule has 4 heteroatoms. The molecule has 88 valence electrons. The fourth-order valence-corrected chi connectivity index (χ4v) is 3.54. The second kappa shape index (κ2) is 5.84. The molecule has 2 nitrogen and oxygen atoms in total. The van der Waals surface area contributed by atoms with Crippen LogP contribution in [0.3, 0.4) is 0 Å². The highest BCUT2D eigenvalue weighted by Gasteiger charge is 2.15. The third kappa shape index (κ3) is 3.34. The minimum absolute atomic E-state index is 0.282. The molecule has 0 N–H and O–H groups in total. The molecule has 0 saturated carbocycles. The summed E-state index contributed by atoms with van der Waals surface area (Å²) in [5.41, 5.74) is 0. The first-order chi connectivity index (χ1) is 7.75. The van der Waals surface area contributed by atoms with Crippen LogP contribution >= 0.6 is 23.1 Å². The Labute approximate surface area is 105 Å². The third-order valence-corrected chi connectivity index (χ3v) is 4.79. The van der Waals surface area contributed by atoms with E-state index in [2.05, 4.69) is 4.90 Å². The van der Waals surface area contributed by atoms with E-state index in [1.54, 1.807) is 11.3 Å². The van der Waals surface area contributed by atoms with Gasteiger partial charge in [0.05, 0.1) is 11.4 Å². The fraction of sp³-hybridized carbons (Fsp3) is 0.583. The van der Waals surface area contributed by atoms with Gasteiger partial charge in [0.15, 0.2) is 5.78 Å². The van der Waals surface area contributed by atoms with Crippen molar-refractivity contribution in [3.63, 3.8) is 0 Å². The van der Waals surface area contributed by atoms with E-state index in [1.807, 2.05) is 30.8 Å². The maximum absolute atomic E-state index is 12.0. The van der Waals surface area contributed by atoms with Crippen LogP contribution in [-0.2, 0) is 0 Å². The summed E-state index contributed by atoms with van der Waals surface area (Å²) in [7, 11) is 0. The van der Waals surface area contributed by atoms with Crippen molar-refractivity contribution in [3.8, 4) is 0 Å². The topological polar surface area (TPSA) is 20.3 Å². The number of thioether (sulfide) groups is 1. The summed E-state index contributed by atoms with van der Waals surface area (Å²) in [6.07, 6.45) is 1.21. The summed E-state index contributed by atoms with van der Waals surface area (Å²) < 4.78 is 0.